The minimum atomic E-state index is -0.715. The van der Waals surface area contributed by atoms with Gasteiger partial charge < -0.3 is 28.8 Å². The van der Waals surface area contributed by atoms with Crippen molar-refractivity contribution >= 4 is 0 Å². The van der Waals surface area contributed by atoms with Crippen LogP contribution in [0.5, 0.6) is 28.7 Å². The van der Waals surface area contributed by atoms with Gasteiger partial charge in [0.1, 0.15) is 23.4 Å². The van der Waals surface area contributed by atoms with Crippen LogP contribution in [0.2, 0.25) is 0 Å². The summed E-state index contributed by atoms with van der Waals surface area (Å²) in [4.78, 5) is 0. The van der Waals surface area contributed by atoms with E-state index in [0.29, 0.717) is 35.2 Å². The lowest BCUT2D eigenvalue weighted by Gasteiger charge is -2.32. The molecule has 0 radical (unpaired) electrons. The van der Waals surface area contributed by atoms with Crippen molar-refractivity contribution in [1.29, 1.82) is 0 Å². The quantitative estimate of drug-likeness (QED) is 0.898. The van der Waals surface area contributed by atoms with Crippen LogP contribution in [0.4, 0.5) is 0 Å². The molecule has 1 aliphatic rings. The van der Waals surface area contributed by atoms with E-state index in [1.807, 2.05) is 12.1 Å². The Morgan fingerprint density at radius 1 is 0.880 bits per heavy atom. The van der Waals surface area contributed by atoms with Crippen molar-refractivity contribution in [3.8, 4) is 28.7 Å². The first-order chi connectivity index (χ1) is 12.1. The fourth-order valence-electron chi connectivity index (χ4n) is 3.05. The lowest BCUT2D eigenvalue weighted by molar-refractivity contribution is 0.0196. The van der Waals surface area contributed by atoms with Gasteiger partial charge in [-0.2, -0.15) is 0 Å². The van der Waals surface area contributed by atoms with Crippen molar-refractivity contribution in [2.45, 2.75) is 18.6 Å². The standard InChI is InChI=1S/C19H22O6/c1-21-12-8-16(23-3)13-10-14(20)19(25-17(13)9-12)11-5-6-15(22-2)18(7-11)24-4/h5-9,14,19-20H,10H2,1-4H3/t14-,19+/m1/s1. The summed E-state index contributed by atoms with van der Waals surface area (Å²) in [5.41, 5.74) is 1.63. The van der Waals surface area contributed by atoms with Gasteiger partial charge in [-0.3, -0.25) is 0 Å². The molecule has 2 atom stereocenters. The molecule has 3 rings (SSSR count). The topological polar surface area (TPSA) is 66.4 Å². The molecule has 1 aliphatic heterocycles. The Morgan fingerprint density at radius 2 is 1.60 bits per heavy atom. The first-order valence-corrected chi connectivity index (χ1v) is 7.92. The van der Waals surface area contributed by atoms with Gasteiger partial charge in [0.25, 0.3) is 0 Å². The molecule has 0 spiro atoms. The van der Waals surface area contributed by atoms with E-state index in [-0.39, 0.29) is 0 Å². The van der Waals surface area contributed by atoms with Crippen LogP contribution in [0.3, 0.4) is 0 Å². The van der Waals surface area contributed by atoms with E-state index in [9.17, 15) is 5.11 Å². The third kappa shape index (κ3) is 3.17. The fourth-order valence-corrected chi connectivity index (χ4v) is 3.05. The molecule has 134 valence electrons. The molecule has 0 fully saturated rings. The van der Waals surface area contributed by atoms with Crippen molar-refractivity contribution in [2.24, 2.45) is 0 Å². The van der Waals surface area contributed by atoms with E-state index in [4.69, 9.17) is 23.7 Å². The van der Waals surface area contributed by atoms with E-state index in [1.165, 1.54) is 0 Å². The second-order valence-corrected chi connectivity index (χ2v) is 5.73. The molecule has 2 aromatic carbocycles. The van der Waals surface area contributed by atoms with Gasteiger partial charge in [-0.25, -0.2) is 0 Å². The first kappa shape index (κ1) is 17.2. The second-order valence-electron chi connectivity index (χ2n) is 5.73. The molecule has 0 aromatic heterocycles. The van der Waals surface area contributed by atoms with E-state index >= 15 is 0 Å². The van der Waals surface area contributed by atoms with Crippen LogP contribution >= 0.6 is 0 Å². The molecule has 0 amide bonds. The van der Waals surface area contributed by atoms with Gasteiger partial charge in [0.2, 0.25) is 0 Å². The Bertz CT molecular complexity index is 758. The zero-order chi connectivity index (χ0) is 18.0. The molecule has 0 saturated heterocycles. The van der Waals surface area contributed by atoms with Gasteiger partial charge in [-0.1, -0.05) is 6.07 Å². The van der Waals surface area contributed by atoms with Crippen molar-refractivity contribution in [3.05, 3.63) is 41.5 Å². The molecule has 2 aromatic rings. The van der Waals surface area contributed by atoms with E-state index in [1.54, 1.807) is 46.6 Å². The fraction of sp³-hybridized carbons (Fsp3) is 0.368. The predicted molar refractivity (Wildman–Crippen MR) is 92.2 cm³/mol. The second kappa shape index (κ2) is 7.11. The summed E-state index contributed by atoms with van der Waals surface area (Å²) in [6.45, 7) is 0. The minimum Gasteiger partial charge on any atom is -0.496 e. The zero-order valence-electron chi connectivity index (χ0n) is 14.7. The molecule has 6 heteroatoms. The van der Waals surface area contributed by atoms with Crippen molar-refractivity contribution in [1.82, 2.24) is 0 Å². The summed E-state index contributed by atoms with van der Waals surface area (Å²) in [7, 11) is 6.33. The number of hydrogen-bond acceptors (Lipinski definition) is 6. The number of hydrogen-bond donors (Lipinski definition) is 1. The number of benzene rings is 2. The molecule has 25 heavy (non-hydrogen) atoms. The van der Waals surface area contributed by atoms with Crippen LogP contribution < -0.4 is 23.7 Å². The maximum atomic E-state index is 10.6. The summed E-state index contributed by atoms with van der Waals surface area (Å²) < 4.78 is 27.4. The predicted octanol–water partition coefficient (Wildman–Crippen LogP) is 2.76. The number of aliphatic hydroxyl groups excluding tert-OH is 1. The van der Waals surface area contributed by atoms with E-state index < -0.39 is 12.2 Å². The number of methoxy groups -OCH3 is 4. The zero-order valence-corrected chi connectivity index (χ0v) is 14.7. The third-order valence-corrected chi connectivity index (χ3v) is 4.35. The van der Waals surface area contributed by atoms with Crippen LogP contribution in [0, 0.1) is 0 Å². The average Bonchev–Trinajstić information content (AvgIpc) is 2.66. The van der Waals surface area contributed by atoms with Gasteiger partial charge in [0.05, 0.1) is 34.5 Å². The normalized spacial score (nSPS) is 18.8. The highest BCUT2D eigenvalue weighted by Gasteiger charge is 2.33. The highest BCUT2D eigenvalue weighted by atomic mass is 16.5. The monoisotopic (exact) mass is 346 g/mol. The number of rotatable bonds is 5. The van der Waals surface area contributed by atoms with E-state index in [0.717, 1.165) is 11.1 Å². The maximum Gasteiger partial charge on any atom is 0.161 e. The van der Waals surface area contributed by atoms with Crippen LogP contribution in [0.15, 0.2) is 30.3 Å². The Kier molecular flexibility index (Phi) is 4.90. The summed E-state index contributed by atoms with van der Waals surface area (Å²) in [5.74, 6) is 3.13. The molecule has 1 heterocycles. The van der Waals surface area contributed by atoms with Gasteiger partial charge >= 0.3 is 0 Å². The Balaban J connectivity index is 1.99. The lowest BCUT2D eigenvalue weighted by atomic mass is 9.94. The Hall–Kier alpha value is -2.60. The minimum absolute atomic E-state index is 0.418. The molecule has 0 unspecified atom stereocenters. The van der Waals surface area contributed by atoms with Gasteiger partial charge in [0, 0.05) is 24.1 Å². The van der Waals surface area contributed by atoms with E-state index in [2.05, 4.69) is 0 Å². The van der Waals surface area contributed by atoms with Crippen molar-refractivity contribution in [3.63, 3.8) is 0 Å². The van der Waals surface area contributed by atoms with Gasteiger partial charge in [-0.05, 0) is 17.7 Å². The molecular weight excluding hydrogens is 324 g/mol. The Morgan fingerprint density at radius 3 is 2.24 bits per heavy atom. The largest absolute Gasteiger partial charge is 0.496 e. The number of ether oxygens (including phenoxy) is 5. The first-order valence-electron chi connectivity index (χ1n) is 7.92. The van der Waals surface area contributed by atoms with Crippen LogP contribution in [0.1, 0.15) is 17.2 Å². The molecule has 6 nitrogen and oxygen atoms in total. The molecule has 0 saturated carbocycles. The molecule has 0 aliphatic carbocycles. The molecule has 1 N–H and O–H groups in total. The summed E-state index contributed by atoms with van der Waals surface area (Å²) >= 11 is 0. The average molecular weight is 346 g/mol. The smallest absolute Gasteiger partial charge is 0.161 e. The third-order valence-electron chi connectivity index (χ3n) is 4.35. The summed E-state index contributed by atoms with van der Waals surface area (Å²) in [6, 6.07) is 9.06. The van der Waals surface area contributed by atoms with Crippen molar-refractivity contribution in [2.75, 3.05) is 28.4 Å². The van der Waals surface area contributed by atoms with Crippen molar-refractivity contribution < 1.29 is 28.8 Å². The molecule has 0 bridgehead atoms. The highest BCUT2D eigenvalue weighted by Crippen LogP contribution is 2.43. The van der Waals surface area contributed by atoms with Crippen LogP contribution in [0.25, 0.3) is 0 Å². The van der Waals surface area contributed by atoms with Crippen LogP contribution in [-0.2, 0) is 6.42 Å². The van der Waals surface area contributed by atoms with Crippen LogP contribution in [-0.4, -0.2) is 39.6 Å². The summed E-state index contributed by atoms with van der Waals surface area (Å²) in [6.07, 6.45) is -0.821. The van der Waals surface area contributed by atoms with Gasteiger partial charge in [-0.15, -0.1) is 0 Å². The molecular formula is C19H22O6. The highest BCUT2D eigenvalue weighted by molar-refractivity contribution is 5.53. The number of aliphatic hydroxyl groups is 1. The maximum absolute atomic E-state index is 10.6. The summed E-state index contributed by atoms with van der Waals surface area (Å²) in [5, 5.41) is 10.6. The number of fused-ring (bicyclic) bond motifs is 1. The lowest BCUT2D eigenvalue weighted by Crippen LogP contribution is -2.30. The SMILES string of the molecule is COc1cc(OC)c2c(c1)O[C@@H](c1ccc(OC)c(OC)c1)[C@H](O)C2. The Labute approximate surface area is 146 Å². The van der Waals surface area contributed by atoms with Gasteiger partial charge in [0.15, 0.2) is 11.5 Å².